The van der Waals surface area contributed by atoms with Gasteiger partial charge < -0.3 is 9.84 Å². The van der Waals surface area contributed by atoms with Crippen molar-refractivity contribution in [1.29, 1.82) is 0 Å². The Hall–Kier alpha value is -2.25. The first-order chi connectivity index (χ1) is 16.4. The van der Waals surface area contributed by atoms with Gasteiger partial charge in [-0.2, -0.15) is 31.1 Å². The largest absolute Gasteiger partial charge is 0.416 e. The number of nitrogens with zero attached hydrogens (tertiary/aromatic N) is 5. The molecule has 0 amide bonds. The fourth-order valence-corrected chi connectivity index (χ4v) is 5.61. The Morgan fingerprint density at radius 2 is 1.74 bits per heavy atom. The normalized spacial score (nSPS) is 27.5. The molecule has 2 aromatic rings. The molecule has 0 radical (unpaired) electrons. The third-order valence-corrected chi connectivity index (χ3v) is 7.11. The number of hydrogen-bond donors (Lipinski definition) is 1. The van der Waals surface area contributed by atoms with E-state index in [9.17, 15) is 26.3 Å². The molecule has 0 saturated carbocycles. The van der Waals surface area contributed by atoms with E-state index >= 15 is 0 Å². The summed E-state index contributed by atoms with van der Waals surface area (Å²) in [5.74, 6) is 0.505. The zero-order chi connectivity index (χ0) is 25.6. The number of aliphatic hydroxyl groups is 1. The Bertz CT molecular complexity index is 1010. The van der Waals surface area contributed by atoms with E-state index in [2.05, 4.69) is 20.3 Å². The summed E-state index contributed by atoms with van der Waals surface area (Å²) in [4.78, 5) is 3.59. The Balaban J connectivity index is 1.55. The number of aromatic nitrogens is 4. The fourth-order valence-electron chi connectivity index (χ4n) is 5.61. The Kier molecular flexibility index (Phi) is 6.88. The molecule has 4 unspecified atom stereocenters. The molecule has 0 spiro atoms. The van der Waals surface area contributed by atoms with E-state index in [0.717, 1.165) is 0 Å². The predicted octanol–water partition coefficient (Wildman–Crippen LogP) is 4.02. The Labute approximate surface area is 198 Å². The number of ether oxygens (including phenoxy) is 1. The van der Waals surface area contributed by atoms with Gasteiger partial charge in [-0.15, -0.1) is 10.2 Å². The van der Waals surface area contributed by atoms with Gasteiger partial charge in [-0.05, 0) is 61.7 Å². The maximum Gasteiger partial charge on any atom is 0.416 e. The van der Waals surface area contributed by atoms with Crippen LogP contribution in [0.15, 0.2) is 18.2 Å². The lowest BCUT2D eigenvalue weighted by Crippen LogP contribution is -2.57. The summed E-state index contributed by atoms with van der Waals surface area (Å²) in [7, 11) is 0. The van der Waals surface area contributed by atoms with Crippen LogP contribution in [0.3, 0.4) is 0 Å². The van der Waals surface area contributed by atoms with Crippen molar-refractivity contribution in [2.24, 2.45) is 0 Å². The summed E-state index contributed by atoms with van der Waals surface area (Å²) in [5.41, 5.74) is -3.38. The van der Waals surface area contributed by atoms with Crippen molar-refractivity contribution in [2.75, 3.05) is 13.2 Å². The maximum atomic E-state index is 13.2. The molecule has 2 fully saturated rings. The molecule has 0 aliphatic carbocycles. The first kappa shape index (κ1) is 25.8. The minimum atomic E-state index is -4.90. The highest BCUT2D eigenvalue weighted by molar-refractivity contribution is 5.33. The molecule has 1 aromatic heterocycles. The lowest BCUT2D eigenvalue weighted by atomic mass is 9.86. The quantitative estimate of drug-likeness (QED) is 0.571. The molecule has 2 aliphatic heterocycles. The lowest BCUT2D eigenvalue weighted by molar-refractivity contribution is -0.143. The fraction of sp³-hybridized carbons (Fsp3) is 0.682. The van der Waals surface area contributed by atoms with Crippen LogP contribution < -0.4 is 0 Å². The molecular weight excluding hydrogens is 480 g/mol. The number of alkyl halides is 6. The van der Waals surface area contributed by atoms with E-state index < -0.39 is 35.1 Å². The van der Waals surface area contributed by atoms with Crippen molar-refractivity contribution in [3.05, 3.63) is 40.7 Å². The number of aliphatic hydroxyl groups excluding tert-OH is 1. The van der Waals surface area contributed by atoms with Crippen LogP contribution >= 0.6 is 0 Å². The molecule has 13 heteroatoms. The number of hydrogen-bond acceptors (Lipinski definition) is 6. The van der Waals surface area contributed by atoms with Crippen molar-refractivity contribution in [1.82, 2.24) is 25.1 Å². The van der Waals surface area contributed by atoms with Gasteiger partial charge in [0.2, 0.25) is 0 Å². The summed E-state index contributed by atoms with van der Waals surface area (Å²) in [5, 5.41) is 21.6. The molecule has 35 heavy (non-hydrogen) atoms. The second-order valence-electron chi connectivity index (χ2n) is 9.28. The molecule has 194 valence electrons. The van der Waals surface area contributed by atoms with Gasteiger partial charge in [-0.3, -0.25) is 4.90 Å². The summed E-state index contributed by atoms with van der Waals surface area (Å²) in [6.45, 7) is 4.41. The molecule has 3 heterocycles. The van der Waals surface area contributed by atoms with Crippen molar-refractivity contribution in [3.63, 3.8) is 0 Å². The van der Waals surface area contributed by atoms with Crippen LogP contribution in [0.5, 0.6) is 0 Å². The molecule has 2 bridgehead atoms. The number of likely N-dealkylation sites (N-methyl/N-ethyl adjacent to an activating group) is 1. The standard InChI is InChI=1S/C22H27F6N5O2/c1-3-32-17-4-5-18(20(32,2)11-16(17)19-29-31-33(30-19)6-7-34)35-12-13-8-14(21(23,24)25)10-15(9-13)22(26,27)28/h8-10,16-18,34H,3-7,11-12H2,1-2H3. The van der Waals surface area contributed by atoms with E-state index in [-0.39, 0.29) is 43.3 Å². The van der Waals surface area contributed by atoms with Gasteiger partial charge in [0, 0.05) is 17.5 Å². The van der Waals surface area contributed by atoms with Crippen molar-refractivity contribution >= 4 is 0 Å². The smallest absolute Gasteiger partial charge is 0.394 e. The number of halogens is 6. The summed E-state index contributed by atoms with van der Waals surface area (Å²) in [6.07, 6.45) is -8.29. The van der Waals surface area contributed by atoms with Gasteiger partial charge in [-0.25, -0.2) is 0 Å². The molecule has 2 aliphatic rings. The molecule has 7 nitrogen and oxygen atoms in total. The topological polar surface area (TPSA) is 76.3 Å². The Morgan fingerprint density at radius 1 is 1.09 bits per heavy atom. The van der Waals surface area contributed by atoms with Crippen LogP contribution in [-0.2, 0) is 30.2 Å². The molecule has 4 atom stereocenters. The summed E-state index contributed by atoms with van der Waals surface area (Å²) in [6, 6.07) is 1.65. The number of rotatable bonds is 7. The highest BCUT2D eigenvalue weighted by Gasteiger charge is 2.57. The van der Waals surface area contributed by atoms with Crippen LogP contribution in [0, 0.1) is 0 Å². The number of benzene rings is 1. The first-order valence-electron chi connectivity index (χ1n) is 11.4. The molecule has 2 saturated heterocycles. The molecular formula is C22H27F6N5O2. The van der Waals surface area contributed by atoms with Gasteiger partial charge in [-0.1, -0.05) is 6.92 Å². The van der Waals surface area contributed by atoms with E-state index in [1.165, 1.54) is 4.80 Å². The molecule has 4 rings (SSSR count). The van der Waals surface area contributed by atoms with E-state index in [1.54, 1.807) is 0 Å². The molecule has 1 aromatic carbocycles. The zero-order valence-corrected chi connectivity index (χ0v) is 19.3. The van der Waals surface area contributed by atoms with Crippen LogP contribution in [0.4, 0.5) is 26.3 Å². The van der Waals surface area contributed by atoms with Gasteiger partial charge in [0.25, 0.3) is 0 Å². The number of piperidine rings is 1. The van der Waals surface area contributed by atoms with E-state index in [1.807, 2.05) is 13.8 Å². The number of fused-ring (bicyclic) bond motifs is 2. The minimum Gasteiger partial charge on any atom is -0.394 e. The van der Waals surface area contributed by atoms with Crippen molar-refractivity contribution < 1.29 is 36.2 Å². The monoisotopic (exact) mass is 507 g/mol. The maximum absolute atomic E-state index is 13.2. The van der Waals surface area contributed by atoms with Crippen LogP contribution in [0.1, 0.15) is 61.5 Å². The third kappa shape index (κ3) is 5.03. The average Bonchev–Trinajstić information content (AvgIpc) is 3.31. The average molecular weight is 507 g/mol. The first-order valence-corrected chi connectivity index (χ1v) is 11.4. The Morgan fingerprint density at radius 3 is 2.31 bits per heavy atom. The van der Waals surface area contributed by atoms with Crippen LogP contribution in [0.25, 0.3) is 0 Å². The molecule has 1 N–H and O–H groups in total. The van der Waals surface area contributed by atoms with E-state index in [0.29, 0.717) is 43.8 Å². The zero-order valence-electron chi connectivity index (χ0n) is 19.3. The predicted molar refractivity (Wildman–Crippen MR) is 111 cm³/mol. The SMILES string of the molecule is CCN1C2CCC(OCc3cc(C(F)(F)F)cc(C(F)(F)F)c3)C1(C)CC2c1nnn(CCO)n1. The van der Waals surface area contributed by atoms with Crippen LogP contribution in [-0.4, -0.2) is 61.1 Å². The summed E-state index contributed by atoms with van der Waals surface area (Å²) < 4.78 is 85.3. The minimum absolute atomic E-state index is 0.0496. The number of tetrazole rings is 1. The lowest BCUT2D eigenvalue weighted by Gasteiger charge is -2.47. The van der Waals surface area contributed by atoms with Gasteiger partial charge in [0.15, 0.2) is 5.82 Å². The van der Waals surface area contributed by atoms with Gasteiger partial charge >= 0.3 is 12.4 Å². The second kappa shape index (κ2) is 9.32. The highest BCUT2D eigenvalue weighted by Crippen LogP contribution is 2.51. The van der Waals surface area contributed by atoms with E-state index in [4.69, 9.17) is 9.84 Å². The van der Waals surface area contributed by atoms with Gasteiger partial charge in [0.05, 0.1) is 37.0 Å². The second-order valence-corrected chi connectivity index (χ2v) is 9.28. The highest BCUT2D eigenvalue weighted by atomic mass is 19.4. The van der Waals surface area contributed by atoms with Gasteiger partial charge in [0.1, 0.15) is 0 Å². The van der Waals surface area contributed by atoms with Crippen LogP contribution in [0.2, 0.25) is 0 Å². The van der Waals surface area contributed by atoms with Crippen molar-refractivity contribution in [2.45, 2.75) is 82.2 Å². The van der Waals surface area contributed by atoms with Crippen molar-refractivity contribution in [3.8, 4) is 0 Å². The summed E-state index contributed by atoms with van der Waals surface area (Å²) >= 11 is 0. The third-order valence-electron chi connectivity index (χ3n) is 7.11.